The number of piperidine rings is 1. The number of amides is 2. The number of carbonyl (C=O) groups excluding carboxylic acids is 2. The van der Waals surface area contributed by atoms with Crippen LogP contribution in [0.25, 0.3) is 0 Å². The second-order valence-corrected chi connectivity index (χ2v) is 4.43. The molecule has 1 aliphatic rings. The molecular formula is C15H16N2O2. The number of rotatable bonds is 2. The number of benzene rings is 1. The third kappa shape index (κ3) is 3.43. The van der Waals surface area contributed by atoms with Crippen LogP contribution < -0.4 is 5.73 Å². The molecule has 1 heterocycles. The lowest BCUT2D eigenvalue weighted by molar-refractivity contribution is -0.148. The highest BCUT2D eigenvalue weighted by Gasteiger charge is 2.25. The van der Waals surface area contributed by atoms with Gasteiger partial charge in [0.25, 0.3) is 0 Å². The average molecular weight is 256 g/mol. The zero-order chi connectivity index (χ0) is 13.7. The Labute approximate surface area is 112 Å². The molecule has 0 unspecified atom stereocenters. The molecular weight excluding hydrogens is 240 g/mol. The fourth-order valence-corrected chi connectivity index (χ4v) is 2.06. The fourth-order valence-electron chi connectivity index (χ4n) is 2.06. The summed E-state index contributed by atoms with van der Waals surface area (Å²) in [7, 11) is 0. The maximum atomic E-state index is 11.7. The van der Waals surface area contributed by atoms with Crippen LogP contribution in [0.4, 0.5) is 0 Å². The number of hydrogen-bond donors (Lipinski definition) is 1. The van der Waals surface area contributed by atoms with Gasteiger partial charge in [-0.05, 0) is 24.1 Å². The van der Waals surface area contributed by atoms with Crippen molar-refractivity contribution < 1.29 is 9.59 Å². The van der Waals surface area contributed by atoms with Crippen LogP contribution in [0, 0.1) is 11.8 Å². The van der Waals surface area contributed by atoms with Gasteiger partial charge in [-0.1, -0.05) is 24.0 Å². The Morgan fingerprint density at radius 1 is 1.21 bits per heavy atom. The van der Waals surface area contributed by atoms with Crippen molar-refractivity contribution in [3.05, 3.63) is 35.4 Å². The molecule has 0 atom stereocenters. The van der Waals surface area contributed by atoms with Gasteiger partial charge in [-0.25, -0.2) is 0 Å². The molecule has 2 amide bonds. The Morgan fingerprint density at radius 3 is 2.63 bits per heavy atom. The van der Waals surface area contributed by atoms with Gasteiger partial charge in [-0.15, -0.1) is 0 Å². The molecule has 1 aromatic carbocycles. The predicted molar refractivity (Wildman–Crippen MR) is 71.8 cm³/mol. The van der Waals surface area contributed by atoms with Gasteiger partial charge < -0.3 is 5.73 Å². The summed E-state index contributed by atoms with van der Waals surface area (Å²) in [4.78, 5) is 24.8. The number of carbonyl (C=O) groups is 2. The van der Waals surface area contributed by atoms with Crippen LogP contribution in [0.1, 0.15) is 30.4 Å². The Bertz CT molecular complexity index is 539. The Morgan fingerprint density at radius 2 is 1.95 bits per heavy atom. The minimum atomic E-state index is -0.0882. The van der Waals surface area contributed by atoms with E-state index < -0.39 is 0 Å². The molecule has 1 aliphatic heterocycles. The first-order valence-corrected chi connectivity index (χ1v) is 6.32. The minimum Gasteiger partial charge on any atom is -0.320 e. The van der Waals surface area contributed by atoms with E-state index in [4.69, 9.17) is 5.73 Å². The zero-order valence-corrected chi connectivity index (χ0v) is 10.7. The van der Waals surface area contributed by atoms with Crippen molar-refractivity contribution >= 4 is 11.8 Å². The maximum absolute atomic E-state index is 11.7. The molecule has 19 heavy (non-hydrogen) atoms. The first kappa shape index (κ1) is 13.3. The van der Waals surface area contributed by atoms with Crippen LogP contribution in [-0.4, -0.2) is 23.3 Å². The second kappa shape index (κ2) is 6.17. The van der Waals surface area contributed by atoms with Crippen LogP contribution in [-0.2, 0) is 16.1 Å². The number of hydrogen-bond acceptors (Lipinski definition) is 3. The largest absolute Gasteiger partial charge is 0.320 e. The van der Waals surface area contributed by atoms with Gasteiger partial charge in [0.2, 0.25) is 11.8 Å². The second-order valence-electron chi connectivity index (χ2n) is 4.43. The number of nitrogens with two attached hydrogens (primary N) is 1. The highest BCUT2D eigenvalue weighted by Crippen LogP contribution is 2.16. The molecule has 4 nitrogen and oxygen atoms in total. The van der Waals surface area contributed by atoms with Crippen LogP contribution >= 0.6 is 0 Å². The molecule has 2 N–H and O–H groups in total. The summed E-state index contributed by atoms with van der Waals surface area (Å²) < 4.78 is 0. The van der Waals surface area contributed by atoms with Gasteiger partial charge in [0.15, 0.2) is 0 Å². The van der Waals surface area contributed by atoms with E-state index in [1.54, 1.807) is 0 Å². The zero-order valence-electron chi connectivity index (χ0n) is 10.7. The maximum Gasteiger partial charge on any atom is 0.229 e. The molecule has 98 valence electrons. The molecule has 0 bridgehead atoms. The van der Waals surface area contributed by atoms with E-state index in [2.05, 4.69) is 11.8 Å². The van der Waals surface area contributed by atoms with Crippen molar-refractivity contribution in [3.63, 3.8) is 0 Å². The Kier molecular flexibility index (Phi) is 4.32. The van der Waals surface area contributed by atoms with Crippen LogP contribution in [0.15, 0.2) is 24.3 Å². The van der Waals surface area contributed by atoms with E-state index in [1.807, 2.05) is 24.3 Å². The van der Waals surface area contributed by atoms with Crippen molar-refractivity contribution in [2.75, 3.05) is 6.54 Å². The summed E-state index contributed by atoms with van der Waals surface area (Å²) in [5.74, 6) is 5.55. The topological polar surface area (TPSA) is 63.4 Å². The number of imide groups is 1. The van der Waals surface area contributed by atoms with E-state index in [1.165, 1.54) is 4.90 Å². The molecule has 1 aromatic rings. The van der Waals surface area contributed by atoms with E-state index in [-0.39, 0.29) is 11.8 Å². The normalized spacial score (nSPS) is 15.1. The smallest absolute Gasteiger partial charge is 0.229 e. The van der Waals surface area contributed by atoms with Gasteiger partial charge in [-0.2, -0.15) is 0 Å². The highest BCUT2D eigenvalue weighted by atomic mass is 16.2. The van der Waals surface area contributed by atoms with Crippen LogP contribution in [0.5, 0.6) is 0 Å². The molecule has 0 radical (unpaired) electrons. The minimum absolute atomic E-state index is 0.0882. The molecule has 1 saturated heterocycles. The van der Waals surface area contributed by atoms with Gasteiger partial charge in [0.05, 0.1) is 13.1 Å². The van der Waals surface area contributed by atoms with Crippen LogP contribution in [0.2, 0.25) is 0 Å². The number of nitrogens with zero attached hydrogens (tertiary/aromatic N) is 1. The van der Waals surface area contributed by atoms with Crippen molar-refractivity contribution in [1.82, 2.24) is 4.90 Å². The van der Waals surface area contributed by atoms with Gasteiger partial charge >= 0.3 is 0 Å². The molecule has 0 aliphatic carbocycles. The molecule has 0 aromatic heterocycles. The predicted octanol–water partition coefficient (Wildman–Crippen LogP) is 1.04. The monoisotopic (exact) mass is 256 g/mol. The summed E-state index contributed by atoms with van der Waals surface area (Å²) in [5, 5.41) is 0. The third-order valence-electron chi connectivity index (χ3n) is 2.99. The summed E-state index contributed by atoms with van der Waals surface area (Å²) in [6, 6.07) is 7.53. The summed E-state index contributed by atoms with van der Waals surface area (Å²) in [5.41, 5.74) is 7.09. The first-order valence-electron chi connectivity index (χ1n) is 6.32. The van der Waals surface area contributed by atoms with Crippen molar-refractivity contribution in [2.45, 2.75) is 25.8 Å². The molecule has 0 saturated carbocycles. The molecule has 2 rings (SSSR count). The Hall–Kier alpha value is -2.12. The van der Waals surface area contributed by atoms with Crippen LogP contribution in [0.3, 0.4) is 0 Å². The summed E-state index contributed by atoms with van der Waals surface area (Å²) in [6.07, 6.45) is 1.58. The standard InChI is InChI=1S/C15H16N2O2/c16-9-3-6-12-4-1-5-13(10-12)11-17-14(18)7-2-8-15(17)19/h1,4-5,10H,2,7-9,11,16H2. The lowest BCUT2D eigenvalue weighted by Gasteiger charge is -2.24. The Balaban J connectivity index is 2.14. The molecule has 4 heteroatoms. The van der Waals surface area contributed by atoms with Gasteiger partial charge in [-0.3, -0.25) is 14.5 Å². The lowest BCUT2D eigenvalue weighted by Crippen LogP contribution is -2.39. The lowest BCUT2D eigenvalue weighted by atomic mass is 10.1. The molecule has 0 spiro atoms. The van der Waals surface area contributed by atoms with E-state index in [0.717, 1.165) is 11.1 Å². The SMILES string of the molecule is NCC#Cc1cccc(CN2C(=O)CCCC2=O)c1. The van der Waals surface area contributed by atoms with Gasteiger partial charge in [0.1, 0.15) is 0 Å². The van der Waals surface area contributed by atoms with Crippen molar-refractivity contribution in [1.29, 1.82) is 0 Å². The highest BCUT2D eigenvalue weighted by molar-refractivity contribution is 5.97. The van der Waals surface area contributed by atoms with Crippen molar-refractivity contribution in [2.24, 2.45) is 5.73 Å². The quantitative estimate of drug-likeness (QED) is 0.635. The summed E-state index contributed by atoms with van der Waals surface area (Å²) in [6.45, 7) is 0.642. The summed E-state index contributed by atoms with van der Waals surface area (Å²) >= 11 is 0. The van der Waals surface area contributed by atoms with E-state index in [0.29, 0.717) is 32.4 Å². The first-order chi connectivity index (χ1) is 9.20. The van der Waals surface area contributed by atoms with E-state index >= 15 is 0 Å². The molecule has 1 fully saturated rings. The van der Waals surface area contributed by atoms with E-state index in [9.17, 15) is 9.59 Å². The van der Waals surface area contributed by atoms with Crippen molar-refractivity contribution in [3.8, 4) is 11.8 Å². The average Bonchev–Trinajstić information content (AvgIpc) is 2.41. The third-order valence-corrected chi connectivity index (χ3v) is 2.99. The fraction of sp³-hybridized carbons (Fsp3) is 0.333. The number of likely N-dealkylation sites (tertiary alicyclic amines) is 1. The van der Waals surface area contributed by atoms with Gasteiger partial charge in [0, 0.05) is 18.4 Å².